The smallest absolute Gasteiger partial charge is 0.224 e. The summed E-state index contributed by atoms with van der Waals surface area (Å²) in [5.74, 6) is 1.58. The molecule has 25 heavy (non-hydrogen) atoms. The molecule has 0 heterocycles. The molecular formula is C20H25NO4. The molecule has 2 aromatic carbocycles. The van der Waals surface area contributed by atoms with E-state index in [2.05, 4.69) is 5.32 Å². The Balaban J connectivity index is 1.66. The van der Waals surface area contributed by atoms with Crippen LogP contribution in [-0.4, -0.2) is 37.4 Å². The molecule has 0 unspecified atom stereocenters. The first-order valence-electron chi connectivity index (χ1n) is 8.47. The Labute approximate surface area is 148 Å². The van der Waals surface area contributed by atoms with Crippen LogP contribution in [0.2, 0.25) is 0 Å². The van der Waals surface area contributed by atoms with Gasteiger partial charge in [-0.2, -0.15) is 0 Å². The molecule has 5 heteroatoms. The Kier molecular flexibility index (Phi) is 7.79. The summed E-state index contributed by atoms with van der Waals surface area (Å²) in [6.07, 6.45) is 1.09. The van der Waals surface area contributed by atoms with E-state index < -0.39 is 0 Å². The Bertz CT molecular complexity index is 655. The predicted molar refractivity (Wildman–Crippen MR) is 97.0 cm³/mol. The highest BCUT2D eigenvalue weighted by Crippen LogP contribution is 2.16. The van der Waals surface area contributed by atoms with Crippen LogP contribution in [0.1, 0.15) is 17.5 Å². The topological polar surface area (TPSA) is 67.8 Å². The van der Waals surface area contributed by atoms with Crippen molar-refractivity contribution < 1.29 is 19.4 Å². The van der Waals surface area contributed by atoms with Crippen molar-refractivity contribution in [3.05, 3.63) is 59.7 Å². The largest absolute Gasteiger partial charge is 0.493 e. The Morgan fingerprint density at radius 3 is 2.48 bits per heavy atom. The normalized spacial score (nSPS) is 10.3. The molecule has 0 aliphatic rings. The van der Waals surface area contributed by atoms with Crippen LogP contribution in [0.5, 0.6) is 11.5 Å². The van der Waals surface area contributed by atoms with Crippen LogP contribution in [-0.2, 0) is 11.2 Å². The van der Waals surface area contributed by atoms with Crippen LogP contribution in [0.25, 0.3) is 0 Å². The van der Waals surface area contributed by atoms with Gasteiger partial charge in [-0.25, -0.2) is 0 Å². The number of aliphatic hydroxyl groups is 1. The van der Waals surface area contributed by atoms with Gasteiger partial charge in [0, 0.05) is 13.0 Å². The molecule has 5 nitrogen and oxygen atoms in total. The molecule has 2 aromatic rings. The van der Waals surface area contributed by atoms with Crippen molar-refractivity contribution in [3.63, 3.8) is 0 Å². The summed E-state index contributed by atoms with van der Waals surface area (Å²) in [6.45, 7) is 3.43. The fourth-order valence-electron chi connectivity index (χ4n) is 2.30. The molecule has 0 aliphatic heterocycles. The van der Waals surface area contributed by atoms with Crippen molar-refractivity contribution in [2.75, 3.05) is 26.4 Å². The van der Waals surface area contributed by atoms with E-state index in [0.29, 0.717) is 19.6 Å². The van der Waals surface area contributed by atoms with Gasteiger partial charge >= 0.3 is 0 Å². The number of benzene rings is 2. The molecule has 2 rings (SSSR count). The molecule has 0 saturated heterocycles. The third-order valence-electron chi connectivity index (χ3n) is 3.63. The number of ether oxygens (including phenoxy) is 2. The minimum atomic E-state index is -0.101. The SMILES string of the molecule is Cc1ccccc1OCCCOc1ccc(CC(=O)NCCO)cc1. The number of aliphatic hydroxyl groups excluding tert-OH is 1. The second-order valence-corrected chi connectivity index (χ2v) is 5.71. The summed E-state index contributed by atoms with van der Waals surface area (Å²) < 4.78 is 11.4. The lowest BCUT2D eigenvalue weighted by molar-refractivity contribution is -0.120. The zero-order chi connectivity index (χ0) is 17.9. The van der Waals surface area contributed by atoms with Crippen LogP contribution in [0, 0.1) is 6.92 Å². The molecule has 0 aliphatic carbocycles. The van der Waals surface area contributed by atoms with E-state index in [9.17, 15) is 4.79 Å². The van der Waals surface area contributed by atoms with Gasteiger partial charge in [-0.1, -0.05) is 30.3 Å². The van der Waals surface area contributed by atoms with Gasteiger partial charge in [-0.3, -0.25) is 4.79 Å². The van der Waals surface area contributed by atoms with Crippen molar-refractivity contribution in [2.24, 2.45) is 0 Å². The molecule has 0 fully saturated rings. The number of carbonyl (C=O) groups is 1. The molecule has 0 bridgehead atoms. The fourth-order valence-corrected chi connectivity index (χ4v) is 2.30. The lowest BCUT2D eigenvalue weighted by atomic mass is 10.1. The molecule has 2 N–H and O–H groups in total. The van der Waals surface area contributed by atoms with Crippen LogP contribution < -0.4 is 14.8 Å². The van der Waals surface area contributed by atoms with Gasteiger partial charge in [0.05, 0.1) is 26.2 Å². The van der Waals surface area contributed by atoms with Crippen molar-refractivity contribution >= 4 is 5.91 Å². The van der Waals surface area contributed by atoms with E-state index in [1.807, 2.05) is 55.5 Å². The third kappa shape index (κ3) is 6.85. The zero-order valence-corrected chi connectivity index (χ0v) is 14.5. The quantitative estimate of drug-likeness (QED) is 0.651. The lowest BCUT2D eigenvalue weighted by Gasteiger charge is -2.10. The Morgan fingerprint density at radius 1 is 1.04 bits per heavy atom. The van der Waals surface area contributed by atoms with E-state index in [1.165, 1.54) is 0 Å². The molecular weight excluding hydrogens is 318 g/mol. The van der Waals surface area contributed by atoms with Gasteiger partial charge in [-0.15, -0.1) is 0 Å². The number of nitrogens with one attached hydrogen (secondary N) is 1. The van der Waals surface area contributed by atoms with Crippen molar-refractivity contribution in [2.45, 2.75) is 19.8 Å². The number of amides is 1. The maximum atomic E-state index is 11.6. The predicted octanol–water partition coefficient (Wildman–Crippen LogP) is 2.49. The van der Waals surface area contributed by atoms with Gasteiger partial charge < -0.3 is 19.9 Å². The Morgan fingerprint density at radius 2 is 1.76 bits per heavy atom. The van der Waals surface area contributed by atoms with Crippen LogP contribution >= 0.6 is 0 Å². The van der Waals surface area contributed by atoms with E-state index in [4.69, 9.17) is 14.6 Å². The summed E-state index contributed by atoms with van der Waals surface area (Å²) in [5.41, 5.74) is 2.03. The van der Waals surface area contributed by atoms with Gasteiger partial charge in [0.2, 0.25) is 5.91 Å². The number of para-hydroxylation sites is 1. The lowest BCUT2D eigenvalue weighted by Crippen LogP contribution is -2.27. The molecule has 0 atom stereocenters. The molecule has 0 saturated carbocycles. The average Bonchev–Trinajstić information content (AvgIpc) is 2.62. The second kappa shape index (κ2) is 10.4. The monoisotopic (exact) mass is 343 g/mol. The molecule has 0 aromatic heterocycles. The van der Waals surface area contributed by atoms with Crippen molar-refractivity contribution in [3.8, 4) is 11.5 Å². The molecule has 134 valence electrons. The summed E-state index contributed by atoms with van der Waals surface area (Å²) in [5, 5.41) is 11.3. The summed E-state index contributed by atoms with van der Waals surface area (Å²) >= 11 is 0. The number of rotatable bonds is 10. The Hall–Kier alpha value is -2.53. The fraction of sp³-hybridized carbons (Fsp3) is 0.350. The van der Waals surface area contributed by atoms with E-state index >= 15 is 0 Å². The third-order valence-corrected chi connectivity index (χ3v) is 3.63. The van der Waals surface area contributed by atoms with Crippen LogP contribution in [0.3, 0.4) is 0 Å². The summed E-state index contributed by atoms with van der Waals surface area (Å²) in [7, 11) is 0. The first-order valence-corrected chi connectivity index (χ1v) is 8.47. The second-order valence-electron chi connectivity index (χ2n) is 5.71. The summed E-state index contributed by atoms with van der Waals surface area (Å²) in [6, 6.07) is 15.4. The number of hydrogen-bond donors (Lipinski definition) is 2. The van der Waals surface area contributed by atoms with Crippen molar-refractivity contribution in [1.29, 1.82) is 0 Å². The van der Waals surface area contributed by atoms with E-state index in [-0.39, 0.29) is 19.1 Å². The van der Waals surface area contributed by atoms with Gasteiger partial charge in [0.15, 0.2) is 0 Å². The molecule has 0 spiro atoms. The standard InChI is InChI=1S/C20H25NO4/c1-16-5-2-3-6-19(16)25-14-4-13-24-18-9-7-17(8-10-18)15-20(23)21-11-12-22/h2-3,5-10,22H,4,11-15H2,1H3,(H,21,23). The number of aryl methyl sites for hydroxylation is 1. The first kappa shape index (κ1) is 18.8. The highest BCUT2D eigenvalue weighted by Gasteiger charge is 2.03. The average molecular weight is 343 g/mol. The van der Waals surface area contributed by atoms with Gasteiger partial charge in [0.1, 0.15) is 11.5 Å². The first-order chi connectivity index (χ1) is 12.2. The molecule has 0 radical (unpaired) electrons. The molecule has 1 amide bonds. The minimum Gasteiger partial charge on any atom is -0.493 e. The van der Waals surface area contributed by atoms with Crippen LogP contribution in [0.15, 0.2) is 48.5 Å². The minimum absolute atomic E-state index is 0.0495. The highest BCUT2D eigenvalue weighted by atomic mass is 16.5. The van der Waals surface area contributed by atoms with Crippen molar-refractivity contribution in [1.82, 2.24) is 5.32 Å². The maximum absolute atomic E-state index is 11.6. The van der Waals surface area contributed by atoms with Gasteiger partial charge in [0.25, 0.3) is 0 Å². The maximum Gasteiger partial charge on any atom is 0.224 e. The van der Waals surface area contributed by atoms with E-state index in [1.54, 1.807) is 0 Å². The highest BCUT2D eigenvalue weighted by molar-refractivity contribution is 5.78. The number of carbonyl (C=O) groups excluding carboxylic acids is 1. The van der Waals surface area contributed by atoms with Crippen LogP contribution in [0.4, 0.5) is 0 Å². The van der Waals surface area contributed by atoms with E-state index in [0.717, 1.165) is 29.0 Å². The number of hydrogen-bond acceptors (Lipinski definition) is 4. The summed E-state index contributed by atoms with van der Waals surface area (Å²) in [4.78, 5) is 11.6. The zero-order valence-electron chi connectivity index (χ0n) is 14.5. The van der Waals surface area contributed by atoms with Gasteiger partial charge in [-0.05, 0) is 36.2 Å².